The van der Waals surface area contributed by atoms with Gasteiger partial charge < -0.3 is 29.9 Å². The molecule has 146 valence electrons. The van der Waals surface area contributed by atoms with E-state index in [2.05, 4.69) is 0 Å². The minimum absolute atomic E-state index is 0.277. The minimum atomic E-state index is -1.41. The van der Waals surface area contributed by atoms with Crippen molar-refractivity contribution in [3.8, 4) is 5.75 Å². The van der Waals surface area contributed by atoms with E-state index in [4.69, 9.17) is 32.7 Å². The molecule has 0 bridgehead atoms. The Morgan fingerprint density at radius 3 is 2.11 bits per heavy atom. The normalized spacial score (nSPS) is 28.1. The van der Waals surface area contributed by atoms with Crippen molar-refractivity contribution >= 4 is 23.2 Å². The van der Waals surface area contributed by atoms with Crippen LogP contribution in [0.15, 0.2) is 42.5 Å². The van der Waals surface area contributed by atoms with E-state index in [1.807, 2.05) is 0 Å². The molecule has 0 amide bonds. The molecule has 5 atom stereocenters. The van der Waals surface area contributed by atoms with Crippen LogP contribution in [0.25, 0.3) is 0 Å². The van der Waals surface area contributed by atoms with Crippen molar-refractivity contribution in [1.29, 1.82) is 0 Å². The first-order chi connectivity index (χ1) is 12.9. The molecule has 8 heteroatoms. The zero-order valence-corrected chi connectivity index (χ0v) is 15.7. The second-order valence-corrected chi connectivity index (χ2v) is 7.26. The highest BCUT2D eigenvalue weighted by atomic mass is 35.5. The highest BCUT2D eigenvalue weighted by molar-refractivity contribution is 6.34. The van der Waals surface area contributed by atoms with Gasteiger partial charge in [-0.05, 0) is 41.5 Å². The van der Waals surface area contributed by atoms with Crippen molar-refractivity contribution in [3.63, 3.8) is 0 Å². The third-order valence-electron chi connectivity index (χ3n) is 4.43. The van der Waals surface area contributed by atoms with Gasteiger partial charge in [0.05, 0.1) is 6.61 Å². The fourth-order valence-corrected chi connectivity index (χ4v) is 3.56. The van der Waals surface area contributed by atoms with Crippen LogP contribution < -0.4 is 4.74 Å². The van der Waals surface area contributed by atoms with Gasteiger partial charge >= 0.3 is 0 Å². The lowest BCUT2D eigenvalue weighted by molar-refractivity contribution is -0.231. The maximum atomic E-state index is 10.2. The molecule has 1 aliphatic rings. The SMILES string of the molecule is OC[C@H]1OC(c2ccc(OCc3cc(Cl)cc(Cl)c3)cc2)[C@@H](O)[C@@H](O)[C@@H]1O. The van der Waals surface area contributed by atoms with E-state index in [-0.39, 0.29) is 6.61 Å². The van der Waals surface area contributed by atoms with E-state index in [0.717, 1.165) is 5.56 Å². The predicted octanol–water partition coefficient (Wildman–Crippen LogP) is 2.09. The molecule has 2 aromatic carbocycles. The summed E-state index contributed by atoms with van der Waals surface area (Å²) in [6.07, 6.45) is -5.93. The van der Waals surface area contributed by atoms with Gasteiger partial charge in [0.2, 0.25) is 0 Å². The van der Waals surface area contributed by atoms with Crippen LogP contribution >= 0.6 is 23.2 Å². The smallest absolute Gasteiger partial charge is 0.119 e. The third kappa shape index (κ3) is 4.73. The maximum absolute atomic E-state index is 10.2. The lowest BCUT2D eigenvalue weighted by Gasteiger charge is -2.40. The molecule has 1 fully saturated rings. The molecule has 6 nitrogen and oxygen atoms in total. The standard InChI is InChI=1S/C19H20Cl2O6/c20-12-5-10(6-13(21)7-12)9-26-14-3-1-11(2-4-14)19-18(25)17(24)16(23)15(8-22)27-19/h1-7,15-19,22-25H,8-9H2/t15-,16-,17+,18+,19?/m1/s1. The molecule has 27 heavy (non-hydrogen) atoms. The first-order valence-corrected chi connectivity index (χ1v) is 9.13. The van der Waals surface area contributed by atoms with Crippen LogP contribution in [0.3, 0.4) is 0 Å². The summed E-state index contributed by atoms with van der Waals surface area (Å²) in [5.41, 5.74) is 1.41. The van der Waals surface area contributed by atoms with Crippen molar-refractivity contribution in [2.24, 2.45) is 0 Å². The Morgan fingerprint density at radius 2 is 1.52 bits per heavy atom. The van der Waals surface area contributed by atoms with Gasteiger partial charge in [-0.25, -0.2) is 0 Å². The lowest BCUT2D eigenvalue weighted by Crippen LogP contribution is -2.55. The monoisotopic (exact) mass is 414 g/mol. The summed E-state index contributed by atoms with van der Waals surface area (Å²) in [6.45, 7) is -0.190. The van der Waals surface area contributed by atoms with Crippen LogP contribution in [-0.2, 0) is 11.3 Å². The number of aliphatic hydroxyl groups excluding tert-OH is 4. The van der Waals surface area contributed by atoms with Crippen LogP contribution in [-0.4, -0.2) is 51.4 Å². The van der Waals surface area contributed by atoms with Crippen LogP contribution in [0.2, 0.25) is 10.0 Å². The summed E-state index contributed by atoms with van der Waals surface area (Å²) in [5.74, 6) is 0.583. The number of hydrogen-bond acceptors (Lipinski definition) is 6. The summed E-state index contributed by atoms with van der Waals surface area (Å²) < 4.78 is 11.2. The Labute approximate surface area is 166 Å². The second kappa shape index (κ2) is 8.75. The van der Waals surface area contributed by atoms with Crippen molar-refractivity contribution in [2.45, 2.75) is 37.1 Å². The van der Waals surface area contributed by atoms with Crippen LogP contribution in [0.5, 0.6) is 5.75 Å². The highest BCUT2D eigenvalue weighted by Crippen LogP contribution is 2.33. The Bertz CT molecular complexity index is 747. The number of rotatable bonds is 5. The van der Waals surface area contributed by atoms with Gasteiger partial charge in [0.1, 0.15) is 42.9 Å². The molecule has 0 radical (unpaired) electrons. The fraction of sp³-hybridized carbons (Fsp3) is 0.368. The number of aliphatic hydroxyl groups is 4. The van der Waals surface area contributed by atoms with Crippen LogP contribution in [0, 0.1) is 0 Å². The molecule has 0 saturated carbocycles. The molecule has 1 heterocycles. The van der Waals surface area contributed by atoms with Gasteiger partial charge in [0.15, 0.2) is 0 Å². The second-order valence-electron chi connectivity index (χ2n) is 6.38. The van der Waals surface area contributed by atoms with E-state index < -0.39 is 37.1 Å². The van der Waals surface area contributed by atoms with Gasteiger partial charge in [0.25, 0.3) is 0 Å². The maximum Gasteiger partial charge on any atom is 0.119 e. The molecule has 4 N–H and O–H groups in total. The van der Waals surface area contributed by atoms with Gasteiger partial charge in [0, 0.05) is 10.0 Å². The van der Waals surface area contributed by atoms with Gasteiger partial charge in [-0.1, -0.05) is 35.3 Å². The average molecular weight is 415 g/mol. The molecule has 0 aliphatic carbocycles. The minimum Gasteiger partial charge on any atom is -0.489 e. The van der Waals surface area contributed by atoms with E-state index in [1.54, 1.807) is 42.5 Å². The van der Waals surface area contributed by atoms with Crippen LogP contribution in [0.4, 0.5) is 0 Å². The Balaban J connectivity index is 1.67. The van der Waals surface area contributed by atoms with Crippen molar-refractivity contribution in [1.82, 2.24) is 0 Å². The molecular formula is C19H20Cl2O6. The number of ether oxygens (including phenoxy) is 2. The van der Waals surface area contributed by atoms with E-state index in [0.29, 0.717) is 21.4 Å². The van der Waals surface area contributed by atoms with Crippen molar-refractivity contribution in [2.75, 3.05) is 6.61 Å². The zero-order valence-electron chi connectivity index (χ0n) is 14.2. The first-order valence-electron chi connectivity index (χ1n) is 8.37. The summed E-state index contributed by atoms with van der Waals surface area (Å²) in [5, 5.41) is 40.3. The first kappa shape index (κ1) is 20.4. The Morgan fingerprint density at radius 1 is 0.889 bits per heavy atom. The van der Waals surface area contributed by atoms with E-state index >= 15 is 0 Å². The molecule has 0 spiro atoms. The van der Waals surface area contributed by atoms with Gasteiger partial charge in [-0.2, -0.15) is 0 Å². The lowest BCUT2D eigenvalue weighted by atomic mass is 9.91. The third-order valence-corrected chi connectivity index (χ3v) is 4.87. The summed E-state index contributed by atoms with van der Waals surface area (Å²) in [7, 11) is 0. The Kier molecular flexibility index (Phi) is 6.60. The van der Waals surface area contributed by atoms with Crippen LogP contribution in [0.1, 0.15) is 17.2 Å². The summed E-state index contributed by atoms with van der Waals surface area (Å²) in [6, 6.07) is 11.9. The molecule has 0 aromatic heterocycles. The fourth-order valence-electron chi connectivity index (χ4n) is 2.99. The number of hydrogen-bond donors (Lipinski definition) is 4. The largest absolute Gasteiger partial charge is 0.489 e. The molecule has 1 unspecified atom stereocenters. The molecular weight excluding hydrogens is 395 g/mol. The molecule has 1 aliphatic heterocycles. The zero-order chi connectivity index (χ0) is 19.6. The quantitative estimate of drug-likeness (QED) is 0.597. The van der Waals surface area contributed by atoms with Crippen molar-refractivity contribution in [3.05, 3.63) is 63.6 Å². The van der Waals surface area contributed by atoms with Crippen molar-refractivity contribution < 1.29 is 29.9 Å². The van der Waals surface area contributed by atoms with E-state index in [9.17, 15) is 20.4 Å². The molecule has 1 saturated heterocycles. The highest BCUT2D eigenvalue weighted by Gasteiger charge is 2.43. The average Bonchev–Trinajstić information content (AvgIpc) is 2.65. The van der Waals surface area contributed by atoms with Gasteiger partial charge in [-0.3, -0.25) is 0 Å². The summed E-state index contributed by atoms with van der Waals surface area (Å²) >= 11 is 11.9. The Hall–Kier alpha value is -1.38. The predicted molar refractivity (Wildman–Crippen MR) is 100.0 cm³/mol. The van der Waals surface area contributed by atoms with E-state index in [1.165, 1.54) is 0 Å². The van der Waals surface area contributed by atoms with Gasteiger partial charge in [-0.15, -0.1) is 0 Å². The molecule has 3 rings (SSSR count). The molecule has 2 aromatic rings. The number of benzene rings is 2. The number of halogens is 2. The topological polar surface area (TPSA) is 99.4 Å². The summed E-state index contributed by atoms with van der Waals surface area (Å²) in [4.78, 5) is 0.